The second-order valence-corrected chi connectivity index (χ2v) is 5.80. The average Bonchev–Trinajstić information content (AvgIpc) is 2.48. The van der Waals surface area contributed by atoms with Crippen molar-refractivity contribution in [2.75, 3.05) is 13.1 Å². The standard InChI is InChI=1S/C18H21NO/c1-14(20)15-9-11-19(12-10-15)13-17-7-4-6-16-5-2-3-8-18(16)17/h2-8,15H,9-13H2,1H3. The van der Waals surface area contributed by atoms with E-state index in [0.29, 0.717) is 11.7 Å². The number of likely N-dealkylation sites (tertiary alicyclic amines) is 1. The fraction of sp³-hybridized carbons (Fsp3) is 0.389. The van der Waals surface area contributed by atoms with E-state index in [4.69, 9.17) is 0 Å². The number of Topliss-reactive ketones (excluding diaryl/α,β-unsaturated/α-hetero) is 1. The van der Waals surface area contributed by atoms with E-state index in [9.17, 15) is 4.79 Å². The van der Waals surface area contributed by atoms with Crippen LogP contribution in [0.1, 0.15) is 25.3 Å². The maximum absolute atomic E-state index is 11.4. The van der Waals surface area contributed by atoms with Crippen LogP contribution in [0, 0.1) is 5.92 Å². The Kier molecular flexibility index (Phi) is 3.83. The maximum Gasteiger partial charge on any atom is 0.133 e. The quantitative estimate of drug-likeness (QED) is 0.846. The van der Waals surface area contributed by atoms with Crippen molar-refractivity contribution in [1.82, 2.24) is 4.90 Å². The average molecular weight is 267 g/mol. The summed E-state index contributed by atoms with van der Waals surface area (Å²) in [5.41, 5.74) is 1.39. The predicted octanol–water partition coefficient (Wildman–Crippen LogP) is 3.64. The first-order valence-corrected chi connectivity index (χ1v) is 7.43. The van der Waals surface area contributed by atoms with Crippen molar-refractivity contribution in [2.24, 2.45) is 5.92 Å². The van der Waals surface area contributed by atoms with E-state index < -0.39 is 0 Å². The third-order valence-electron chi connectivity index (χ3n) is 4.44. The number of carbonyl (C=O) groups excluding carboxylic acids is 1. The third kappa shape index (κ3) is 2.75. The number of fused-ring (bicyclic) bond motifs is 1. The number of benzene rings is 2. The summed E-state index contributed by atoms with van der Waals surface area (Å²) in [6, 6.07) is 15.1. The fourth-order valence-corrected chi connectivity index (χ4v) is 3.17. The van der Waals surface area contributed by atoms with Gasteiger partial charge in [0.15, 0.2) is 0 Å². The fourth-order valence-electron chi connectivity index (χ4n) is 3.17. The molecule has 0 saturated carbocycles. The van der Waals surface area contributed by atoms with E-state index in [1.165, 1.54) is 16.3 Å². The van der Waals surface area contributed by atoms with Crippen LogP contribution in [0.2, 0.25) is 0 Å². The van der Waals surface area contributed by atoms with E-state index in [0.717, 1.165) is 32.5 Å². The highest BCUT2D eigenvalue weighted by Crippen LogP contribution is 2.23. The minimum atomic E-state index is 0.291. The Bertz CT molecular complexity index is 606. The Hall–Kier alpha value is -1.67. The number of hydrogen-bond donors (Lipinski definition) is 0. The van der Waals surface area contributed by atoms with E-state index >= 15 is 0 Å². The molecule has 2 heteroatoms. The van der Waals surface area contributed by atoms with Crippen molar-refractivity contribution in [3.8, 4) is 0 Å². The van der Waals surface area contributed by atoms with Crippen molar-refractivity contribution in [3.63, 3.8) is 0 Å². The van der Waals surface area contributed by atoms with Gasteiger partial charge in [0.05, 0.1) is 0 Å². The van der Waals surface area contributed by atoms with Gasteiger partial charge in [-0.15, -0.1) is 0 Å². The minimum Gasteiger partial charge on any atom is -0.300 e. The first-order chi connectivity index (χ1) is 9.74. The topological polar surface area (TPSA) is 20.3 Å². The van der Waals surface area contributed by atoms with E-state index in [2.05, 4.69) is 47.4 Å². The van der Waals surface area contributed by atoms with Gasteiger partial charge in [-0.25, -0.2) is 0 Å². The molecular weight excluding hydrogens is 246 g/mol. The number of nitrogens with zero attached hydrogens (tertiary/aromatic N) is 1. The molecule has 1 aliphatic rings. The van der Waals surface area contributed by atoms with Crippen LogP contribution in [0.25, 0.3) is 10.8 Å². The van der Waals surface area contributed by atoms with Crippen molar-refractivity contribution < 1.29 is 4.79 Å². The molecule has 2 aromatic carbocycles. The highest BCUT2D eigenvalue weighted by molar-refractivity contribution is 5.85. The van der Waals surface area contributed by atoms with Crippen molar-refractivity contribution in [3.05, 3.63) is 48.0 Å². The van der Waals surface area contributed by atoms with Crippen LogP contribution in [0.15, 0.2) is 42.5 Å². The van der Waals surface area contributed by atoms with Crippen molar-refractivity contribution in [2.45, 2.75) is 26.3 Å². The van der Waals surface area contributed by atoms with Gasteiger partial charge in [-0.2, -0.15) is 0 Å². The Morgan fingerprint density at radius 1 is 1.10 bits per heavy atom. The summed E-state index contributed by atoms with van der Waals surface area (Å²) in [7, 11) is 0. The SMILES string of the molecule is CC(=O)C1CCN(Cc2cccc3ccccc23)CC1. The highest BCUT2D eigenvalue weighted by Gasteiger charge is 2.22. The highest BCUT2D eigenvalue weighted by atomic mass is 16.1. The lowest BCUT2D eigenvalue weighted by molar-refractivity contribution is -0.122. The van der Waals surface area contributed by atoms with Gasteiger partial charge in [0.2, 0.25) is 0 Å². The molecule has 1 saturated heterocycles. The van der Waals surface area contributed by atoms with E-state index in [1.807, 2.05) is 0 Å². The van der Waals surface area contributed by atoms with Gasteiger partial charge < -0.3 is 0 Å². The lowest BCUT2D eigenvalue weighted by atomic mass is 9.93. The minimum absolute atomic E-state index is 0.291. The van der Waals surface area contributed by atoms with Crippen LogP contribution in [-0.2, 0) is 11.3 Å². The Morgan fingerprint density at radius 3 is 2.55 bits per heavy atom. The number of hydrogen-bond acceptors (Lipinski definition) is 2. The molecule has 0 atom stereocenters. The van der Waals surface area contributed by atoms with Crippen molar-refractivity contribution >= 4 is 16.6 Å². The van der Waals surface area contributed by atoms with Crippen LogP contribution in [0.4, 0.5) is 0 Å². The maximum atomic E-state index is 11.4. The number of carbonyl (C=O) groups is 1. The van der Waals surface area contributed by atoms with Crippen LogP contribution in [-0.4, -0.2) is 23.8 Å². The molecule has 0 bridgehead atoms. The van der Waals surface area contributed by atoms with Gasteiger partial charge in [0.25, 0.3) is 0 Å². The van der Waals surface area contributed by atoms with Gasteiger partial charge in [0.1, 0.15) is 5.78 Å². The molecule has 3 rings (SSSR count). The molecule has 0 N–H and O–H groups in total. The van der Waals surface area contributed by atoms with Crippen LogP contribution in [0.3, 0.4) is 0 Å². The molecular formula is C18H21NO. The monoisotopic (exact) mass is 267 g/mol. The van der Waals surface area contributed by atoms with E-state index in [1.54, 1.807) is 6.92 Å². The molecule has 0 aliphatic carbocycles. The lowest BCUT2D eigenvalue weighted by Gasteiger charge is -2.31. The first-order valence-electron chi connectivity index (χ1n) is 7.43. The van der Waals surface area contributed by atoms with E-state index in [-0.39, 0.29) is 0 Å². The summed E-state index contributed by atoms with van der Waals surface area (Å²) < 4.78 is 0. The molecule has 20 heavy (non-hydrogen) atoms. The van der Waals surface area contributed by atoms with Gasteiger partial charge in [-0.05, 0) is 49.2 Å². The first kappa shape index (κ1) is 13.3. The number of ketones is 1. The molecule has 1 aliphatic heterocycles. The molecule has 0 spiro atoms. The molecule has 2 nitrogen and oxygen atoms in total. The summed E-state index contributed by atoms with van der Waals surface area (Å²) in [5, 5.41) is 2.66. The van der Waals surface area contributed by atoms with Crippen LogP contribution >= 0.6 is 0 Å². The summed E-state index contributed by atoms with van der Waals surface area (Å²) in [6.07, 6.45) is 2.03. The second-order valence-electron chi connectivity index (χ2n) is 5.80. The predicted molar refractivity (Wildman–Crippen MR) is 82.6 cm³/mol. The molecule has 1 fully saturated rings. The van der Waals surface area contributed by atoms with Crippen LogP contribution in [0.5, 0.6) is 0 Å². The van der Waals surface area contributed by atoms with Crippen LogP contribution < -0.4 is 0 Å². The number of piperidine rings is 1. The zero-order valence-electron chi connectivity index (χ0n) is 12.0. The number of rotatable bonds is 3. The summed E-state index contributed by atoms with van der Waals surface area (Å²) in [6.45, 7) is 4.79. The zero-order valence-corrected chi connectivity index (χ0v) is 12.0. The summed E-state index contributed by atoms with van der Waals surface area (Å²) >= 11 is 0. The zero-order chi connectivity index (χ0) is 13.9. The Labute approximate surface area is 120 Å². The Balaban J connectivity index is 1.73. The molecule has 1 heterocycles. The molecule has 0 unspecified atom stereocenters. The normalized spacial score (nSPS) is 17.4. The Morgan fingerprint density at radius 2 is 1.80 bits per heavy atom. The van der Waals surface area contributed by atoms with Gasteiger partial charge >= 0.3 is 0 Å². The third-order valence-corrected chi connectivity index (χ3v) is 4.44. The largest absolute Gasteiger partial charge is 0.300 e. The lowest BCUT2D eigenvalue weighted by Crippen LogP contribution is -2.35. The smallest absolute Gasteiger partial charge is 0.133 e. The molecule has 104 valence electrons. The summed E-state index contributed by atoms with van der Waals surface area (Å²) in [4.78, 5) is 13.9. The van der Waals surface area contributed by atoms with Gasteiger partial charge in [-0.3, -0.25) is 9.69 Å². The molecule has 2 aromatic rings. The molecule has 0 amide bonds. The second kappa shape index (κ2) is 5.76. The van der Waals surface area contributed by atoms with Gasteiger partial charge in [-0.1, -0.05) is 42.5 Å². The summed E-state index contributed by atoms with van der Waals surface area (Å²) in [5.74, 6) is 0.647. The van der Waals surface area contributed by atoms with Gasteiger partial charge in [0, 0.05) is 12.5 Å². The molecule has 0 radical (unpaired) electrons. The van der Waals surface area contributed by atoms with Crippen molar-refractivity contribution in [1.29, 1.82) is 0 Å². The molecule has 0 aromatic heterocycles.